The molecule has 0 spiro atoms. The van der Waals surface area contributed by atoms with Crippen LogP contribution < -0.4 is 5.73 Å². The van der Waals surface area contributed by atoms with Crippen LogP contribution in [0.1, 0.15) is 194 Å². The van der Waals surface area contributed by atoms with Crippen LogP contribution in [0.15, 0.2) is 24.3 Å². The van der Waals surface area contributed by atoms with E-state index in [2.05, 4.69) is 57.1 Å². The standard InChI is InChI=1S/C42H84N2O2/c1-5-7-9-11-13-15-17-19-21-23-25-27-29-31-33-35-37-45-41(39-43)42(40-44(3)4)46-38-36-34-32-30-28-26-24-22-20-18-16-14-12-10-8-6-2/h19-22,41-42H,5-18,23-40,43H2,1-4H3/b21-19-,22-20-. The molecule has 0 fully saturated rings. The van der Waals surface area contributed by atoms with E-state index in [1.807, 2.05) is 0 Å². The molecule has 0 amide bonds. The van der Waals surface area contributed by atoms with Gasteiger partial charge in [0.15, 0.2) is 0 Å². The number of ether oxygens (including phenoxy) is 2. The lowest BCUT2D eigenvalue weighted by Gasteiger charge is -2.29. The Labute approximate surface area is 290 Å². The molecule has 2 unspecified atom stereocenters. The summed E-state index contributed by atoms with van der Waals surface area (Å²) in [5.74, 6) is 0. The monoisotopic (exact) mass is 649 g/mol. The fourth-order valence-corrected chi connectivity index (χ4v) is 6.13. The number of rotatable bonds is 38. The molecule has 0 saturated heterocycles. The third-order valence-corrected chi connectivity index (χ3v) is 9.17. The van der Waals surface area contributed by atoms with Gasteiger partial charge in [-0.1, -0.05) is 154 Å². The van der Waals surface area contributed by atoms with Gasteiger partial charge in [-0.2, -0.15) is 0 Å². The Bertz CT molecular complexity index is 621. The number of nitrogens with two attached hydrogens (primary N) is 1. The second-order valence-corrected chi connectivity index (χ2v) is 14.2. The molecule has 0 bridgehead atoms. The third-order valence-electron chi connectivity index (χ3n) is 9.17. The smallest absolute Gasteiger partial charge is 0.0975 e. The number of hydrogen-bond donors (Lipinski definition) is 1. The molecule has 0 aromatic carbocycles. The van der Waals surface area contributed by atoms with Crippen LogP contribution in [0.3, 0.4) is 0 Å². The van der Waals surface area contributed by atoms with E-state index in [9.17, 15) is 0 Å². The number of nitrogens with zero attached hydrogens (tertiary/aromatic N) is 1. The Kier molecular flexibility index (Phi) is 38.2. The highest BCUT2D eigenvalue weighted by Gasteiger charge is 2.22. The minimum Gasteiger partial charge on any atom is -0.374 e. The molecule has 0 aromatic heterocycles. The van der Waals surface area contributed by atoms with Crippen molar-refractivity contribution in [1.29, 1.82) is 0 Å². The van der Waals surface area contributed by atoms with Crippen molar-refractivity contribution >= 4 is 0 Å². The van der Waals surface area contributed by atoms with Gasteiger partial charge in [-0.15, -0.1) is 0 Å². The van der Waals surface area contributed by atoms with Gasteiger partial charge in [0.1, 0.15) is 0 Å². The molecule has 0 saturated carbocycles. The van der Waals surface area contributed by atoms with Crippen molar-refractivity contribution in [2.45, 2.75) is 206 Å². The summed E-state index contributed by atoms with van der Waals surface area (Å²) in [4.78, 5) is 2.20. The van der Waals surface area contributed by atoms with Gasteiger partial charge in [0, 0.05) is 26.3 Å². The maximum atomic E-state index is 6.35. The maximum absolute atomic E-state index is 6.35. The Balaban J connectivity index is 3.77. The lowest BCUT2D eigenvalue weighted by Crippen LogP contribution is -2.44. The van der Waals surface area contributed by atoms with Crippen molar-refractivity contribution in [3.63, 3.8) is 0 Å². The minimum atomic E-state index is -0.0142. The number of hydrogen-bond acceptors (Lipinski definition) is 4. The first-order valence-electron chi connectivity index (χ1n) is 20.5. The quantitative estimate of drug-likeness (QED) is 0.0534. The summed E-state index contributed by atoms with van der Waals surface area (Å²) in [5, 5.41) is 0. The van der Waals surface area contributed by atoms with E-state index in [4.69, 9.17) is 15.2 Å². The summed E-state index contributed by atoms with van der Waals surface area (Å²) in [6.45, 7) is 7.57. The Hall–Kier alpha value is -0.680. The molecule has 0 aliphatic carbocycles. The summed E-state index contributed by atoms with van der Waals surface area (Å²) in [5.41, 5.74) is 6.15. The van der Waals surface area contributed by atoms with E-state index in [1.54, 1.807) is 0 Å². The first-order valence-corrected chi connectivity index (χ1v) is 20.5. The van der Waals surface area contributed by atoms with Gasteiger partial charge in [-0.25, -0.2) is 0 Å². The highest BCUT2D eigenvalue weighted by atomic mass is 16.5. The first kappa shape index (κ1) is 45.3. The van der Waals surface area contributed by atoms with E-state index in [0.29, 0.717) is 6.54 Å². The van der Waals surface area contributed by atoms with Crippen molar-refractivity contribution in [2.75, 3.05) is 40.4 Å². The topological polar surface area (TPSA) is 47.7 Å². The normalized spacial score (nSPS) is 13.5. The van der Waals surface area contributed by atoms with Crippen molar-refractivity contribution in [2.24, 2.45) is 5.73 Å². The van der Waals surface area contributed by atoms with E-state index in [0.717, 1.165) is 32.6 Å². The van der Waals surface area contributed by atoms with Gasteiger partial charge in [0.05, 0.1) is 12.2 Å². The molecule has 0 aliphatic rings. The Morgan fingerprint density at radius 3 is 1.07 bits per heavy atom. The van der Waals surface area contributed by atoms with Crippen LogP contribution in [0.5, 0.6) is 0 Å². The molecular formula is C42H84N2O2. The summed E-state index contributed by atoms with van der Waals surface area (Å²) in [6, 6.07) is 0. The van der Waals surface area contributed by atoms with E-state index >= 15 is 0 Å². The average Bonchev–Trinajstić information content (AvgIpc) is 3.05. The number of allylic oxidation sites excluding steroid dienone is 4. The van der Waals surface area contributed by atoms with Crippen LogP contribution in [-0.2, 0) is 9.47 Å². The van der Waals surface area contributed by atoms with Crippen LogP contribution in [0.25, 0.3) is 0 Å². The molecule has 4 nitrogen and oxygen atoms in total. The summed E-state index contributed by atoms with van der Waals surface area (Å²) < 4.78 is 12.6. The molecule has 274 valence electrons. The van der Waals surface area contributed by atoms with E-state index in [1.165, 1.54) is 167 Å². The molecule has 0 rings (SSSR count). The zero-order valence-electron chi connectivity index (χ0n) is 31.9. The summed E-state index contributed by atoms with van der Waals surface area (Å²) in [7, 11) is 4.22. The van der Waals surface area contributed by atoms with Gasteiger partial charge in [-0.05, 0) is 78.3 Å². The molecule has 46 heavy (non-hydrogen) atoms. The van der Waals surface area contributed by atoms with Crippen LogP contribution in [0, 0.1) is 0 Å². The zero-order valence-corrected chi connectivity index (χ0v) is 31.9. The van der Waals surface area contributed by atoms with Gasteiger partial charge in [0.2, 0.25) is 0 Å². The molecule has 2 N–H and O–H groups in total. The Morgan fingerprint density at radius 1 is 0.435 bits per heavy atom. The first-order chi connectivity index (χ1) is 22.7. The van der Waals surface area contributed by atoms with Crippen molar-refractivity contribution in [3.05, 3.63) is 24.3 Å². The molecule has 2 atom stereocenters. The largest absolute Gasteiger partial charge is 0.374 e. The van der Waals surface area contributed by atoms with Crippen molar-refractivity contribution in [3.8, 4) is 0 Å². The molecule has 4 heteroatoms. The van der Waals surface area contributed by atoms with Gasteiger partial charge in [0.25, 0.3) is 0 Å². The van der Waals surface area contributed by atoms with Gasteiger partial charge < -0.3 is 20.1 Å². The fraction of sp³-hybridized carbons (Fsp3) is 0.905. The van der Waals surface area contributed by atoms with Gasteiger partial charge in [-0.3, -0.25) is 0 Å². The van der Waals surface area contributed by atoms with Crippen LogP contribution in [0.4, 0.5) is 0 Å². The average molecular weight is 649 g/mol. The molecule has 0 aromatic rings. The molecule has 0 radical (unpaired) electrons. The van der Waals surface area contributed by atoms with E-state index in [-0.39, 0.29) is 12.2 Å². The lowest BCUT2D eigenvalue weighted by molar-refractivity contribution is -0.0779. The van der Waals surface area contributed by atoms with E-state index < -0.39 is 0 Å². The van der Waals surface area contributed by atoms with Gasteiger partial charge >= 0.3 is 0 Å². The zero-order chi connectivity index (χ0) is 33.6. The van der Waals surface area contributed by atoms with Crippen LogP contribution in [-0.4, -0.2) is 57.5 Å². The predicted molar refractivity (Wildman–Crippen MR) is 206 cm³/mol. The highest BCUT2D eigenvalue weighted by Crippen LogP contribution is 2.14. The van der Waals surface area contributed by atoms with Crippen LogP contribution >= 0.6 is 0 Å². The lowest BCUT2D eigenvalue weighted by atomic mass is 10.1. The van der Waals surface area contributed by atoms with Crippen LogP contribution in [0.2, 0.25) is 0 Å². The fourth-order valence-electron chi connectivity index (χ4n) is 6.13. The SMILES string of the molecule is CCCCCCCC/C=C\CCCCCCCCOC(CN)C(CN(C)C)OCCCCCCCC/C=C\CCCCCCCC. The summed E-state index contributed by atoms with van der Waals surface area (Å²) in [6.07, 6.45) is 46.9. The molecular weight excluding hydrogens is 564 g/mol. The highest BCUT2D eigenvalue weighted by molar-refractivity contribution is 4.82. The number of unbranched alkanes of at least 4 members (excludes halogenated alkanes) is 24. The second kappa shape index (κ2) is 38.8. The predicted octanol–water partition coefficient (Wildman–Crippen LogP) is 12.4. The minimum absolute atomic E-state index is 0.0142. The maximum Gasteiger partial charge on any atom is 0.0975 e. The van der Waals surface area contributed by atoms with Crippen molar-refractivity contribution < 1.29 is 9.47 Å². The Morgan fingerprint density at radius 2 is 0.739 bits per heavy atom. The molecule has 0 aliphatic heterocycles. The number of likely N-dealkylation sites (N-methyl/N-ethyl adjacent to an activating group) is 1. The third kappa shape index (κ3) is 34.6. The molecule has 0 heterocycles. The van der Waals surface area contributed by atoms with Crippen molar-refractivity contribution in [1.82, 2.24) is 4.90 Å². The second-order valence-electron chi connectivity index (χ2n) is 14.2. The summed E-state index contributed by atoms with van der Waals surface area (Å²) >= 11 is 0.